The Balaban J connectivity index is 1.56. The van der Waals surface area contributed by atoms with Crippen LogP contribution >= 0.6 is 11.6 Å². The number of hydrogen-bond acceptors (Lipinski definition) is 3. The Morgan fingerprint density at radius 2 is 2.08 bits per heavy atom. The van der Waals surface area contributed by atoms with Gasteiger partial charge in [0.2, 0.25) is 5.91 Å². The first-order valence-electron chi connectivity index (χ1n) is 8.03. The molecule has 1 aliphatic heterocycles. The van der Waals surface area contributed by atoms with Gasteiger partial charge in [0, 0.05) is 24.8 Å². The number of carbonyl (C=O) groups is 1. The predicted molar refractivity (Wildman–Crippen MR) is 95.0 cm³/mol. The Labute approximate surface area is 150 Å². The maximum absolute atomic E-state index is 12.9. The molecule has 6 heteroatoms. The second kappa shape index (κ2) is 7.54. The van der Waals surface area contributed by atoms with E-state index in [2.05, 4.69) is 10.2 Å². The van der Waals surface area contributed by atoms with Crippen LogP contribution in [0, 0.1) is 17.1 Å². The molecule has 1 saturated heterocycles. The summed E-state index contributed by atoms with van der Waals surface area (Å²) >= 11 is 6.08. The van der Waals surface area contributed by atoms with Crippen LogP contribution in [0.3, 0.4) is 0 Å². The Hall–Kier alpha value is -2.58. The SMILES string of the molecule is N#Cc1ccc(N2CC[C@H](NC(=O)Cc3ccc(F)cc3)C2)cc1Cl. The van der Waals surface area contributed by atoms with Gasteiger partial charge >= 0.3 is 0 Å². The van der Waals surface area contributed by atoms with Crippen molar-refractivity contribution in [3.05, 3.63) is 64.4 Å². The van der Waals surface area contributed by atoms with E-state index in [4.69, 9.17) is 16.9 Å². The molecule has 0 aliphatic carbocycles. The zero-order valence-corrected chi connectivity index (χ0v) is 14.3. The van der Waals surface area contributed by atoms with Gasteiger partial charge < -0.3 is 10.2 Å². The number of amides is 1. The van der Waals surface area contributed by atoms with Gasteiger partial charge in [-0.3, -0.25) is 4.79 Å². The third-order valence-electron chi connectivity index (χ3n) is 4.27. The molecule has 0 spiro atoms. The minimum absolute atomic E-state index is 0.0577. The summed E-state index contributed by atoms with van der Waals surface area (Å²) < 4.78 is 12.9. The van der Waals surface area contributed by atoms with Gasteiger partial charge in [-0.15, -0.1) is 0 Å². The number of rotatable bonds is 4. The molecule has 128 valence electrons. The molecule has 25 heavy (non-hydrogen) atoms. The summed E-state index contributed by atoms with van der Waals surface area (Å²) in [5, 5.41) is 12.4. The van der Waals surface area contributed by atoms with Crippen molar-refractivity contribution in [2.24, 2.45) is 0 Å². The van der Waals surface area contributed by atoms with Crippen LogP contribution in [0.5, 0.6) is 0 Å². The molecule has 0 radical (unpaired) electrons. The molecule has 0 bridgehead atoms. The number of carbonyl (C=O) groups excluding carboxylic acids is 1. The number of nitriles is 1. The average Bonchev–Trinajstić information content (AvgIpc) is 3.05. The molecule has 1 amide bonds. The van der Waals surface area contributed by atoms with E-state index < -0.39 is 0 Å². The van der Waals surface area contributed by atoms with Crippen LogP contribution in [0.15, 0.2) is 42.5 Å². The fourth-order valence-corrected chi connectivity index (χ4v) is 3.19. The maximum atomic E-state index is 12.9. The molecule has 1 heterocycles. The van der Waals surface area contributed by atoms with Gasteiger partial charge in [0.1, 0.15) is 11.9 Å². The second-order valence-corrected chi connectivity index (χ2v) is 6.49. The smallest absolute Gasteiger partial charge is 0.224 e. The predicted octanol–water partition coefficient (Wildman–Crippen LogP) is 3.29. The van der Waals surface area contributed by atoms with E-state index in [-0.39, 0.29) is 24.2 Å². The van der Waals surface area contributed by atoms with Crippen LogP contribution in [0.1, 0.15) is 17.5 Å². The number of benzene rings is 2. The van der Waals surface area contributed by atoms with Gasteiger partial charge in [0.05, 0.1) is 17.0 Å². The standard InChI is InChI=1S/C19H17ClFN3O/c20-18-10-17(6-3-14(18)11-22)24-8-7-16(12-24)23-19(25)9-13-1-4-15(21)5-2-13/h1-6,10,16H,7-9,12H2,(H,23,25)/t16-/m0/s1. The van der Waals surface area contributed by atoms with Crippen molar-refractivity contribution in [1.82, 2.24) is 5.32 Å². The van der Waals surface area contributed by atoms with E-state index in [1.165, 1.54) is 12.1 Å². The normalized spacial score (nSPS) is 16.5. The molecule has 2 aromatic carbocycles. The Morgan fingerprint density at radius 1 is 1.32 bits per heavy atom. The Kier molecular flexibility index (Phi) is 5.20. The summed E-state index contributed by atoms with van der Waals surface area (Å²) in [4.78, 5) is 14.3. The highest BCUT2D eigenvalue weighted by Gasteiger charge is 2.24. The van der Waals surface area contributed by atoms with Crippen LogP contribution < -0.4 is 10.2 Å². The summed E-state index contributed by atoms with van der Waals surface area (Å²) in [6.45, 7) is 1.50. The lowest BCUT2D eigenvalue weighted by Crippen LogP contribution is -2.37. The fourth-order valence-electron chi connectivity index (χ4n) is 2.97. The number of hydrogen-bond donors (Lipinski definition) is 1. The molecule has 1 N–H and O–H groups in total. The van der Waals surface area contributed by atoms with Crippen molar-refractivity contribution in [3.8, 4) is 6.07 Å². The lowest BCUT2D eigenvalue weighted by atomic mass is 10.1. The lowest BCUT2D eigenvalue weighted by Gasteiger charge is -2.19. The summed E-state index contributed by atoms with van der Waals surface area (Å²) in [5.41, 5.74) is 2.18. The maximum Gasteiger partial charge on any atom is 0.224 e. The topological polar surface area (TPSA) is 56.1 Å². The first-order chi connectivity index (χ1) is 12.0. The molecular formula is C19H17ClFN3O. The number of nitrogens with one attached hydrogen (secondary N) is 1. The van der Waals surface area contributed by atoms with Gasteiger partial charge in [0.25, 0.3) is 0 Å². The van der Waals surface area contributed by atoms with Crippen LogP contribution in [0.4, 0.5) is 10.1 Å². The zero-order chi connectivity index (χ0) is 17.8. The fraction of sp³-hybridized carbons (Fsp3) is 0.263. The molecule has 3 rings (SSSR count). The molecule has 1 atom stereocenters. The zero-order valence-electron chi connectivity index (χ0n) is 13.5. The van der Waals surface area contributed by atoms with Gasteiger partial charge in [-0.25, -0.2) is 4.39 Å². The number of anilines is 1. The minimum Gasteiger partial charge on any atom is -0.369 e. The van der Waals surface area contributed by atoms with E-state index in [9.17, 15) is 9.18 Å². The minimum atomic E-state index is -0.309. The number of nitrogens with zero attached hydrogens (tertiary/aromatic N) is 2. The molecule has 0 unspecified atom stereocenters. The largest absolute Gasteiger partial charge is 0.369 e. The van der Waals surface area contributed by atoms with Gasteiger partial charge in [-0.2, -0.15) is 5.26 Å². The van der Waals surface area contributed by atoms with Crippen molar-refractivity contribution >= 4 is 23.2 Å². The Morgan fingerprint density at radius 3 is 2.76 bits per heavy atom. The summed E-state index contributed by atoms with van der Waals surface area (Å²) in [6.07, 6.45) is 1.08. The van der Waals surface area contributed by atoms with E-state index in [0.29, 0.717) is 17.1 Å². The van der Waals surface area contributed by atoms with E-state index >= 15 is 0 Å². The van der Waals surface area contributed by atoms with Gasteiger partial charge in [-0.1, -0.05) is 23.7 Å². The highest BCUT2D eigenvalue weighted by molar-refractivity contribution is 6.32. The lowest BCUT2D eigenvalue weighted by molar-refractivity contribution is -0.121. The van der Waals surface area contributed by atoms with Crippen molar-refractivity contribution in [2.45, 2.75) is 18.9 Å². The van der Waals surface area contributed by atoms with Gasteiger partial charge in [-0.05, 0) is 42.3 Å². The molecule has 1 aliphatic rings. The average molecular weight is 358 g/mol. The molecule has 2 aromatic rings. The summed E-state index contributed by atoms with van der Waals surface area (Å²) in [7, 11) is 0. The van der Waals surface area contributed by atoms with Crippen LogP contribution in [-0.2, 0) is 11.2 Å². The van der Waals surface area contributed by atoms with E-state index in [1.807, 2.05) is 12.1 Å². The van der Waals surface area contributed by atoms with Crippen molar-refractivity contribution in [1.29, 1.82) is 5.26 Å². The first-order valence-corrected chi connectivity index (χ1v) is 8.41. The van der Waals surface area contributed by atoms with Crippen LogP contribution in [0.25, 0.3) is 0 Å². The molecule has 4 nitrogen and oxygen atoms in total. The van der Waals surface area contributed by atoms with Crippen LogP contribution in [0.2, 0.25) is 5.02 Å². The van der Waals surface area contributed by atoms with Gasteiger partial charge in [0.15, 0.2) is 0 Å². The first kappa shape index (κ1) is 17.2. The monoisotopic (exact) mass is 357 g/mol. The summed E-state index contributed by atoms with van der Waals surface area (Å²) in [6, 6.07) is 13.4. The van der Waals surface area contributed by atoms with Crippen LogP contribution in [-0.4, -0.2) is 25.0 Å². The molecule has 0 aromatic heterocycles. The molecule has 0 saturated carbocycles. The highest BCUT2D eigenvalue weighted by Crippen LogP contribution is 2.26. The highest BCUT2D eigenvalue weighted by atomic mass is 35.5. The third kappa shape index (κ3) is 4.28. The van der Waals surface area contributed by atoms with E-state index in [0.717, 1.165) is 24.2 Å². The summed E-state index contributed by atoms with van der Waals surface area (Å²) in [5.74, 6) is -0.381. The van der Waals surface area contributed by atoms with Crippen molar-refractivity contribution < 1.29 is 9.18 Å². The van der Waals surface area contributed by atoms with Crippen molar-refractivity contribution in [3.63, 3.8) is 0 Å². The third-order valence-corrected chi connectivity index (χ3v) is 4.58. The molecular weight excluding hydrogens is 341 g/mol. The van der Waals surface area contributed by atoms with Crippen molar-refractivity contribution in [2.75, 3.05) is 18.0 Å². The van der Waals surface area contributed by atoms with E-state index in [1.54, 1.807) is 24.3 Å². The number of halogens is 2. The quantitative estimate of drug-likeness (QED) is 0.913. The Bertz CT molecular complexity index is 816. The second-order valence-electron chi connectivity index (χ2n) is 6.08. The molecule has 1 fully saturated rings.